The third kappa shape index (κ3) is 5.32. The van der Waals surface area contributed by atoms with Gasteiger partial charge in [-0.1, -0.05) is 35.9 Å². The van der Waals surface area contributed by atoms with Crippen LogP contribution in [0.2, 0.25) is 5.02 Å². The van der Waals surface area contributed by atoms with Gasteiger partial charge in [0.25, 0.3) is 5.91 Å². The second-order valence-corrected chi connectivity index (χ2v) is 7.25. The Hall–Kier alpha value is -2.93. The molecule has 29 heavy (non-hydrogen) atoms. The van der Waals surface area contributed by atoms with E-state index in [4.69, 9.17) is 16.3 Å². The maximum absolute atomic E-state index is 13.2. The van der Waals surface area contributed by atoms with Crippen LogP contribution in [0.15, 0.2) is 48.5 Å². The minimum absolute atomic E-state index is 0.0154. The second-order valence-electron chi connectivity index (χ2n) is 6.85. The predicted octanol–water partition coefficient (Wildman–Crippen LogP) is 3.40. The standard InChI is InChI=1S/C21H20ClFN2O4/c1-13(20(27)24-17-7-4-6-16(23)10-17)29-21(28)15-9-19(26)25(12-15)11-14-5-2-3-8-18(14)22/h2-8,10,13,15H,9,11-12H2,1H3,(H,24,27)/t13-,15-/m0/s1. The minimum Gasteiger partial charge on any atom is -0.452 e. The highest BCUT2D eigenvalue weighted by Crippen LogP contribution is 2.24. The van der Waals surface area contributed by atoms with Crippen LogP contribution in [0.5, 0.6) is 0 Å². The number of halogens is 2. The first kappa shape index (κ1) is 20.8. The van der Waals surface area contributed by atoms with Crippen LogP contribution in [0.1, 0.15) is 18.9 Å². The number of carbonyl (C=O) groups excluding carboxylic acids is 3. The number of anilines is 1. The average molecular weight is 419 g/mol. The van der Waals surface area contributed by atoms with Crippen molar-refractivity contribution in [1.29, 1.82) is 0 Å². The molecule has 2 atom stereocenters. The molecule has 0 saturated carbocycles. The summed E-state index contributed by atoms with van der Waals surface area (Å²) in [6.07, 6.45) is -1.07. The number of hydrogen-bond donors (Lipinski definition) is 1. The monoisotopic (exact) mass is 418 g/mol. The first-order valence-corrected chi connectivity index (χ1v) is 9.49. The summed E-state index contributed by atoms with van der Waals surface area (Å²) in [5.74, 6) is -2.53. The Kier molecular flexibility index (Phi) is 6.49. The quantitative estimate of drug-likeness (QED) is 0.729. The van der Waals surface area contributed by atoms with Gasteiger partial charge >= 0.3 is 5.97 Å². The zero-order valence-electron chi connectivity index (χ0n) is 15.7. The number of hydrogen-bond acceptors (Lipinski definition) is 4. The molecule has 0 aliphatic carbocycles. The van der Waals surface area contributed by atoms with E-state index in [1.165, 1.54) is 25.1 Å². The van der Waals surface area contributed by atoms with Gasteiger partial charge in [0, 0.05) is 30.2 Å². The fourth-order valence-corrected chi connectivity index (χ4v) is 3.24. The van der Waals surface area contributed by atoms with Crippen LogP contribution >= 0.6 is 11.6 Å². The molecule has 2 amide bonds. The molecule has 1 aliphatic heterocycles. The van der Waals surface area contributed by atoms with Crippen molar-refractivity contribution in [3.05, 3.63) is 64.9 Å². The van der Waals surface area contributed by atoms with E-state index in [9.17, 15) is 18.8 Å². The van der Waals surface area contributed by atoms with E-state index in [1.807, 2.05) is 12.1 Å². The Balaban J connectivity index is 1.54. The number of ether oxygens (including phenoxy) is 1. The number of nitrogens with zero attached hydrogens (tertiary/aromatic N) is 1. The van der Waals surface area contributed by atoms with Crippen molar-refractivity contribution in [3.8, 4) is 0 Å². The van der Waals surface area contributed by atoms with Crippen molar-refractivity contribution in [3.63, 3.8) is 0 Å². The molecule has 1 heterocycles. The highest BCUT2D eigenvalue weighted by molar-refractivity contribution is 6.31. The molecule has 0 spiro atoms. The highest BCUT2D eigenvalue weighted by atomic mass is 35.5. The number of benzene rings is 2. The van der Waals surface area contributed by atoms with Crippen molar-refractivity contribution in [2.45, 2.75) is 26.0 Å². The highest BCUT2D eigenvalue weighted by Gasteiger charge is 2.36. The van der Waals surface area contributed by atoms with Crippen molar-refractivity contribution < 1.29 is 23.5 Å². The van der Waals surface area contributed by atoms with Crippen molar-refractivity contribution in [1.82, 2.24) is 4.90 Å². The van der Waals surface area contributed by atoms with E-state index >= 15 is 0 Å². The summed E-state index contributed by atoms with van der Waals surface area (Å²) in [5, 5.41) is 3.04. The molecule has 6 nitrogen and oxygen atoms in total. The van der Waals surface area contributed by atoms with Gasteiger partial charge in [-0.2, -0.15) is 0 Å². The molecular weight excluding hydrogens is 399 g/mol. The van der Waals surface area contributed by atoms with Crippen molar-refractivity contribution >= 4 is 35.1 Å². The lowest BCUT2D eigenvalue weighted by Crippen LogP contribution is -2.33. The fraction of sp³-hybridized carbons (Fsp3) is 0.286. The van der Waals surface area contributed by atoms with Crippen molar-refractivity contribution in [2.24, 2.45) is 5.92 Å². The minimum atomic E-state index is -1.08. The van der Waals surface area contributed by atoms with E-state index in [2.05, 4.69) is 5.32 Å². The van der Waals surface area contributed by atoms with Gasteiger partial charge in [0.1, 0.15) is 5.82 Å². The number of nitrogens with one attached hydrogen (secondary N) is 1. The van der Waals surface area contributed by atoms with Crippen molar-refractivity contribution in [2.75, 3.05) is 11.9 Å². The van der Waals surface area contributed by atoms with Gasteiger partial charge < -0.3 is 15.0 Å². The van der Waals surface area contributed by atoms with Crippen LogP contribution in [-0.2, 0) is 25.7 Å². The third-order valence-corrected chi connectivity index (χ3v) is 4.99. The van der Waals surface area contributed by atoms with Crippen LogP contribution in [-0.4, -0.2) is 35.3 Å². The topological polar surface area (TPSA) is 75.7 Å². The molecular formula is C21H20ClFN2O4. The Bertz CT molecular complexity index is 936. The summed E-state index contributed by atoms with van der Waals surface area (Å²) in [6.45, 7) is 1.92. The molecule has 8 heteroatoms. The Morgan fingerprint density at radius 1 is 1.28 bits per heavy atom. The lowest BCUT2D eigenvalue weighted by atomic mass is 10.1. The molecule has 1 N–H and O–H groups in total. The molecule has 3 rings (SSSR count). The van der Waals surface area contributed by atoms with Gasteiger partial charge in [0.2, 0.25) is 5.91 Å². The summed E-state index contributed by atoms with van der Waals surface area (Å²) in [6, 6.07) is 12.6. The lowest BCUT2D eigenvalue weighted by molar-refractivity contribution is -0.157. The van der Waals surface area contributed by atoms with Gasteiger partial charge in [0.15, 0.2) is 6.10 Å². The van der Waals surface area contributed by atoms with Gasteiger partial charge in [-0.3, -0.25) is 14.4 Å². The first-order chi connectivity index (χ1) is 13.8. The van der Waals surface area contributed by atoms with E-state index in [1.54, 1.807) is 17.0 Å². The zero-order valence-corrected chi connectivity index (χ0v) is 16.5. The summed E-state index contributed by atoms with van der Waals surface area (Å²) in [7, 11) is 0. The average Bonchev–Trinajstić information content (AvgIpc) is 3.04. The van der Waals surface area contributed by atoms with Gasteiger partial charge in [-0.25, -0.2) is 4.39 Å². The van der Waals surface area contributed by atoms with Gasteiger partial charge in [-0.15, -0.1) is 0 Å². The normalized spacial score (nSPS) is 17.1. The molecule has 1 fully saturated rings. The largest absolute Gasteiger partial charge is 0.452 e. The molecule has 0 unspecified atom stereocenters. The van der Waals surface area contributed by atoms with E-state index in [-0.39, 0.29) is 24.6 Å². The number of carbonyl (C=O) groups is 3. The molecule has 0 aromatic heterocycles. The number of esters is 1. The van der Waals surface area contributed by atoms with Gasteiger partial charge in [-0.05, 0) is 36.8 Å². The third-order valence-electron chi connectivity index (χ3n) is 4.62. The summed E-state index contributed by atoms with van der Waals surface area (Å²) < 4.78 is 18.4. The van der Waals surface area contributed by atoms with E-state index in [0.717, 1.165) is 11.6 Å². The molecule has 2 aromatic rings. The van der Waals surface area contributed by atoms with E-state index in [0.29, 0.717) is 11.6 Å². The Morgan fingerprint density at radius 3 is 2.76 bits per heavy atom. The second kappa shape index (κ2) is 9.05. The smallest absolute Gasteiger partial charge is 0.312 e. The molecule has 1 saturated heterocycles. The molecule has 152 valence electrons. The summed E-state index contributed by atoms with van der Waals surface area (Å²) in [5.41, 5.74) is 1.05. The number of rotatable bonds is 6. The molecule has 0 radical (unpaired) electrons. The number of likely N-dealkylation sites (tertiary alicyclic amines) is 1. The van der Waals surface area contributed by atoms with E-state index < -0.39 is 29.7 Å². The van der Waals surface area contributed by atoms with Crippen LogP contribution in [0.25, 0.3) is 0 Å². The Morgan fingerprint density at radius 2 is 2.03 bits per heavy atom. The number of amides is 2. The Labute approximate surface area is 172 Å². The van der Waals surface area contributed by atoms with Crippen LogP contribution in [0, 0.1) is 11.7 Å². The SMILES string of the molecule is C[C@H](OC(=O)[C@H]1CC(=O)N(Cc2ccccc2Cl)C1)C(=O)Nc1cccc(F)c1. The molecule has 1 aliphatic rings. The summed E-state index contributed by atoms with van der Waals surface area (Å²) in [4.78, 5) is 38.4. The van der Waals surface area contributed by atoms with Crippen LogP contribution < -0.4 is 5.32 Å². The maximum atomic E-state index is 13.2. The lowest BCUT2D eigenvalue weighted by Gasteiger charge is -2.18. The zero-order chi connectivity index (χ0) is 21.0. The first-order valence-electron chi connectivity index (χ1n) is 9.11. The van der Waals surface area contributed by atoms with Gasteiger partial charge in [0.05, 0.1) is 5.92 Å². The van der Waals surface area contributed by atoms with Crippen LogP contribution in [0.3, 0.4) is 0 Å². The molecule has 0 bridgehead atoms. The fourth-order valence-electron chi connectivity index (χ4n) is 3.05. The van der Waals surface area contributed by atoms with Crippen LogP contribution in [0.4, 0.5) is 10.1 Å². The summed E-state index contributed by atoms with van der Waals surface area (Å²) >= 11 is 6.13. The molecule has 2 aromatic carbocycles. The predicted molar refractivity (Wildman–Crippen MR) is 106 cm³/mol. The maximum Gasteiger partial charge on any atom is 0.312 e.